The zero-order chi connectivity index (χ0) is 11.4. The highest BCUT2D eigenvalue weighted by Crippen LogP contribution is 2.20. The number of carbonyl (C=O) groups excluding carboxylic acids is 1. The van der Waals surface area contributed by atoms with E-state index in [0.717, 1.165) is 17.0 Å². The second-order valence-electron chi connectivity index (χ2n) is 2.89. The van der Waals surface area contributed by atoms with Crippen molar-refractivity contribution in [3.63, 3.8) is 0 Å². The highest BCUT2D eigenvalue weighted by atomic mass is 32.1. The van der Waals surface area contributed by atoms with Gasteiger partial charge in [0.1, 0.15) is 0 Å². The molecule has 1 aromatic carbocycles. The monoisotopic (exact) mass is 235 g/mol. The minimum atomic E-state index is -0.474. The van der Waals surface area contributed by atoms with Crippen LogP contribution in [0, 0.1) is 0 Å². The van der Waals surface area contributed by atoms with Gasteiger partial charge < -0.3 is 10.1 Å². The molecule has 0 bridgehead atoms. The number of ether oxygens (including phenoxy) is 1. The lowest BCUT2D eigenvalue weighted by molar-refractivity contribution is 0.0599. The Morgan fingerprint density at radius 2 is 2.06 bits per heavy atom. The number of esters is 1. The Hall–Kier alpha value is -1.95. The number of anilines is 2. The molecule has 2 rings (SSSR count). The number of hydrogen-bond donors (Lipinski definition) is 1. The van der Waals surface area contributed by atoms with E-state index in [2.05, 4.69) is 20.3 Å². The molecule has 0 aliphatic heterocycles. The standard InChI is InChI=1S/C10H9N3O2S/c1-15-9(14)8-12-13-10(16-8)11-7-5-3-2-4-6-7/h2-6H,1H3,(H,11,13). The van der Waals surface area contributed by atoms with E-state index in [4.69, 9.17) is 0 Å². The summed E-state index contributed by atoms with van der Waals surface area (Å²) in [5.74, 6) is -0.474. The highest BCUT2D eigenvalue weighted by molar-refractivity contribution is 7.17. The fraction of sp³-hybridized carbons (Fsp3) is 0.100. The van der Waals surface area contributed by atoms with E-state index >= 15 is 0 Å². The molecule has 0 spiro atoms. The van der Waals surface area contributed by atoms with E-state index in [1.54, 1.807) is 0 Å². The van der Waals surface area contributed by atoms with Crippen LogP contribution in [0.3, 0.4) is 0 Å². The summed E-state index contributed by atoms with van der Waals surface area (Å²) in [6.45, 7) is 0. The number of hydrogen-bond acceptors (Lipinski definition) is 6. The number of para-hydroxylation sites is 1. The molecular formula is C10H9N3O2S. The molecule has 0 aliphatic rings. The van der Waals surface area contributed by atoms with Gasteiger partial charge in [0.2, 0.25) is 10.1 Å². The van der Waals surface area contributed by atoms with Crippen LogP contribution in [0.5, 0.6) is 0 Å². The van der Waals surface area contributed by atoms with Crippen molar-refractivity contribution in [3.05, 3.63) is 35.3 Å². The van der Waals surface area contributed by atoms with E-state index < -0.39 is 5.97 Å². The van der Waals surface area contributed by atoms with Crippen molar-refractivity contribution < 1.29 is 9.53 Å². The van der Waals surface area contributed by atoms with Gasteiger partial charge in [-0.05, 0) is 12.1 Å². The second kappa shape index (κ2) is 4.71. The zero-order valence-electron chi connectivity index (χ0n) is 8.51. The Morgan fingerprint density at radius 3 is 2.75 bits per heavy atom. The number of rotatable bonds is 3. The number of benzene rings is 1. The Kier molecular flexibility index (Phi) is 3.11. The van der Waals surface area contributed by atoms with E-state index in [9.17, 15) is 4.79 Å². The number of carbonyl (C=O) groups is 1. The normalized spacial score (nSPS) is 9.81. The molecule has 82 valence electrons. The molecule has 6 heteroatoms. The van der Waals surface area contributed by atoms with Crippen LogP contribution in [0.15, 0.2) is 30.3 Å². The second-order valence-corrected chi connectivity index (χ2v) is 3.87. The molecule has 0 radical (unpaired) electrons. The predicted octanol–water partition coefficient (Wildman–Crippen LogP) is 2.07. The average Bonchev–Trinajstić information content (AvgIpc) is 2.78. The lowest BCUT2D eigenvalue weighted by Gasteiger charge is -1.99. The minimum Gasteiger partial charge on any atom is -0.464 e. The van der Waals surface area contributed by atoms with Gasteiger partial charge in [-0.15, -0.1) is 10.2 Å². The van der Waals surface area contributed by atoms with Gasteiger partial charge in [-0.3, -0.25) is 0 Å². The summed E-state index contributed by atoms with van der Waals surface area (Å²) in [6, 6.07) is 9.54. The molecule has 0 atom stereocenters. The summed E-state index contributed by atoms with van der Waals surface area (Å²) in [5, 5.41) is 11.4. The van der Waals surface area contributed by atoms with Crippen LogP contribution in [-0.2, 0) is 4.74 Å². The largest absolute Gasteiger partial charge is 0.464 e. The molecule has 2 aromatic rings. The van der Waals surface area contributed by atoms with Crippen molar-refractivity contribution in [2.24, 2.45) is 0 Å². The maximum Gasteiger partial charge on any atom is 0.369 e. The first-order valence-corrected chi connectivity index (χ1v) is 5.35. The van der Waals surface area contributed by atoms with Gasteiger partial charge in [0, 0.05) is 5.69 Å². The van der Waals surface area contributed by atoms with Crippen LogP contribution >= 0.6 is 11.3 Å². The van der Waals surface area contributed by atoms with E-state index in [1.807, 2.05) is 30.3 Å². The van der Waals surface area contributed by atoms with Crippen LogP contribution in [0.25, 0.3) is 0 Å². The van der Waals surface area contributed by atoms with Crippen molar-refractivity contribution in [3.8, 4) is 0 Å². The quantitative estimate of drug-likeness (QED) is 0.825. The zero-order valence-corrected chi connectivity index (χ0v) is 9.32. The number of nitrogens with one attached hydrogen (secondary N) is 1. The van der Waals surface area contributed by atoms with Crippen molar-refractivity contribution in [2.45, 2.75) is 0 Å². The average molecular weight is 235 g/mol. The van der Waals surface area contributed by atoms with Gasteiger partial charge in [0.05, 0.1) is 7.11 Å². The van der Waals surface area contributed by atoms with Crippen molar-refractivity contribution in [1.82, 2.24) is 10.2 Å². The molecule has 0 aliphatic carbocycles. The van der Waals surface area contributed by atoms with Crippen LogP contribution in [-0.4, -0.2) is 23.3 Å². The van der Waals surface area contributed by atoms with Gasteiger partial charge >= 0.3 is 5.97 Å². The molecule has 0 saturated carbocycles. The summed E-state index contributed by atoms with van der Waals surface area (Å²) in [5.41, 5.74) is 0.898. The molecule has 0 fully saturated rings. The van der Waals surface area contributed by atoms with Crippen molar-refractivity contribution in [2.75, 3.05) is 12.4 Å². The van der Waals surface area contributed by atoms with Crippen LogP contribution in [0.4, 0.5) is 10.8 Å². The first-order valence-electron chi connectivity index (χ1n) is 4.53. The Bertz CT molecular complexity index is 484. The fourth-order valence-electron chi connectivity index (χ4n) is 1.09. The SMILES string of the molecule is COC(=O)c1nnc(Nc2ccccc2)s1. The lowest BCUT2D eigenvalue weighted by Crippen LogP contribution is -1.99. The molecule has 1 heterocycles. The summed E-state index contributed by atoms with van der Waals surface area (Å²) in [4.78, 5) is 11.1. The third-order valence-corrected chi connectivity index (χ3v) is 2.63. The Balaban J connectivity index is 2.12. The third-order valence-electron chi connectivity index (χ3n) is 1.81. The highest BCUT2D eigenvalue weighted by Gasteiger charge is 2.12. The minimum absolute atomic E-state index is 0.237. The molecular weight excluding hydrogens is 226 g/mol. The summed E-state index contributed by atoms with van der Waals surface area (Å²) in [6.07, 6.45) is 0. The first-order chi connectivity index (χ1) is 7.79. The molecule has 5 nitrogen and oxygen atoms in total. The van der Waals surface area contributed by atoms with Crippen molar-refractivity contribution in [1.29, 1.82) is 0 Å². The smallest absolute Gasteiger partial charge is 0.369 e. The van der Waals surface area contributed by atoms with Gasteiger partial charge in [0.15, 0.2) is 0 Å². The third kappa shape index (κ3) is 2.34. The molecule has 0 unspecified atom stereocenters. The molecule has 0 amide bonds. The van der Waals surface area contributed by atoms with Crippen LogP contribution in [0.1, 0.15) is 9.80 Å². The van der Waals surface area contributed by atoms with Gasteiger partial charge in [0.25, 0.3) is 0 Å². The van der Waals surface area contributed by atoms with E-state index in [-0.39, 0.29) is 5.01 Å². The lowest BCUT2D eigenvalue weighted by atomic mass is 10.3. The fourth-order valence-corrected chi connectivity index (χ4v) is 1.77. The van der Waals surface area contributed by atoms with Crippen LogP contribution in [0.2, 0.25) is 0 Å². The maximum atomic E-state index is 11.1. The molecule has 1 N–H and O–H groups in total. The number of nitrogens with zero attached hydrogens (tertiary/aromatic N) is 2. The summed E-state index contributed by atoms with van der Waals surface area (Å²) < 4.78 is 4.54. The molecule has 16 heavy (non-hydrogen) atoms. The molecule has 1 aromatic heterocycles. The molecule has 0 saturated heterocycles. The summed E-state index contributed by atoms with van der Waals surface area (Å²) in [7, 11) is 1.31. The van der Waals surface area contributed by atoms with Gasteiger partial charge in [-0.2, -0.15) is 0 Å². The maximum absolute atomic E-state index is 11.1. The van der Waals surface area contributed by atoms with E-state index in [0.29, 0.717) is 5.13 Å². The Labute approximate surface area is 96.1 Å². The van der Waals surface area contributed by atoms with Gasteiger partial charge in [-0.1, -0.05) is 29.5 Å². The Morgan fingerprint density at radius 1 is 1.31 bits per heavy atom. The first kappa shape index (κ1) is 10.6. The van der Waals surface area contributed by atoms with E-state index in [1.165, 1.54) is 7.11 Å². The predicted molar refractivity (Wildman–Crippen MR) is 61.0 cm³/mol. The van der Waals surface area contributed by atoms with Crippen molar-refractivity contribution >= 4 is 28.1 Å². The summed E-state index contributed by atoms with van der Waals surface area (Å²) >= 11 is 1.15. The van der Waals surface area contributed by atoms with Gasteiger partial charge in [-0.25, -0.2) is 4.79 Å². The van der Waals surface area contributed by atoms with Crippen LogP contribution < -0.4 is 5.32 Å². The topological polar surface area (TPSA) is 64.1 Å². The number of aromatic nitrogens is 2. The number of methoxy groups -OCH3 is 1.